The van der Waals surface area contributed by atoms with E-state index < -0.39 is 0 Å². The number of aryl methyl sites for hydroxylation is 1. The number of methoxy groups -OCH3 is 2. The standard InChI is InChI=1S/C19H21BrClNO4/c1-12-6-7-16(13(20)9-12)26-8-4-5-19(23)22-15-11-17(24-2)14(21)10-18(15)25-3/h6-7,9-11H,4-5,8H2,1-3H3,(H,22,23). The van der Waals surface area contributed by atoms with Crippen LogP contribution in [0.25, 0.3) is 0 Å². The lowest BCUT2D eigenvalue weighted by Gasteiger charge is -2.13. The van der Waals surface area contributed by atoms with Gasteiger partial charge in [0, 0.05) is 18.6 Å². The van der Waals surface area contributed by atoms with Gasteiger partial charge in [0.15, 0.2) is 0 Å². The van der Waals surface area contributed by atoms with Gasteiger partial charge in [-0.1, -0.05) is 17.7 Å². The van der Waals surface area contributed by atoms with Crippen molar-refractivity contribution < 1.29 is 19.0 Å². The van der Waals surface area contributed by atoms with Gasteiger partial charge in [0.1, 0.15) is 17.2 Å². The summed E-state index contributed by atoms with van der Waals surface area (Å²) in [6.07, 6.45) is 0.900. The molecule has 0 unspecified atom stereocenters. The van der Waals surface area contributed by atoms with Crippen molar-refractivity contribution in [2.75, 3.05) is 26.1 Å². The third-order valence-corrected chi connectivity index (χ3v) is 4.56. The van der Waals surface area contributed by atoms with Gasteiger partial charge < -0.3 is 19.5 Å². The van der Waals surface area contributed by atoms with Crippen LogP contribution in [0.4, 0.5) is 5.69 Å². The molecule has 0 aliphatic heterocycles. The van der Waals surface area contributed by atoms with E-state index in [1.807, 2.05) is 25.1 Å². The van der Waals surface area contributed by atoms with Crippen LogP contribution in [0.15, 0.2) is 34.8 Å². The number of hydrogen-bond donors (Lipinski definition) is 1. The van der Waals surface area contributed by atoms with E-state index in [-0.39, 0.29) is 5.91 Å². The first-order valence-corrected chi connectivity index (χ1v) is 9.22. The van der Waals surface area contributed by atoms with Crippen LogP contribution in [-0.4, -0.2) is 26.7 Å². The minimum atomic E-state index is -0.140. The molecule has 0 fully saturated rings. The van der Waals surface area contributed by atoms with Gasteiger partial charge in [-0.05, 0) is 47.0 Å². The van der Waals surface area contributed by atoms with Gasteiger partial charge >= 0.3 is 0 Å². The van der Waals surface area contributed by atoms with Crippen LogP contribution >= 0.6 is 27.5 Å². The highest BCUT2D eigenvalue weighted by molar-refractivity contribution is 9.10. The quantitative estimate of drug-likeness (QED) is 0.569. The number of hydrogen-bond acceptors (Lipinski definition) is 4. The van der Waals surface area contributed by atoms with Gasteiger partial charge in [0.2, 0.25) is 5.91 Å². The molecule has 2 aromatic rings. The number of anilines is 1. The second-order valence-electron chi connectivity index (χ2n) is 5.62. The van der Waals surface area contributed by atoms with Crippen molar-refractivity contribution in [1.29, 1.82) is 0 Å². The predicted octanol–water partition coefficient (Wildman–Crippen LogP) is 5.23. The second-order valence-corrected chi connectivity index (χ2v) is 6.88. The Balaban J connectivity index is 1.87. The lowest BCUT2D eigenvalue weighted by Crippen LogP contribution is -2.13. The van der Waals surface area contributed by atoms with Crippen molar-refractivity contribution in [2.45, 2.75) is 19.8 Å². The highest BCUT2D eigenvalue weighted by Crippen LogP contribution is 2.36. The Bertz CT molecular complexity index is 782. The molecule has 0 saturated heterocycles. The van der Waals surface area contributed by atoms with Crippen molar-refractivity contribution in [1.82, 2.24) is 0 Å². The Morgan fingerprint density at radius 1 is 1.12 bits per heavy atom. The van der Waals surface area contributed by atoms with Gasteiger partial charge in [0.05, 0.1) is 36.0 Å². The summed E-state index contributed by atoms with van der Waals surface area (Å²) in [7, 11) is 3.03. The van der Waals surface area contributed by atoms with Gasteiger partial charge in [-0.15, -0.1) is 0 Å². The molecule has 7 heteroatoms. The molecule has 0 spiro atoms. The number of halogens is 2. The van der Waals surface area contributed by atoms with Crippen LogP contribution in [0.5, 0.6) is 17.2 Å². The zero-order valence-corrected chi connectivity index (χ0v) is 17.2. The zero-order chi connectivity index (χ0) is 19.1. The first kappa shape index (κ1) is 20.4. The lowest BCUT2D eigenvalue weighted by molar-refractivity contribution is -0.116. The van der Waals surface area contributed by atoms with Crippen molar-refractivity contribution in [3.8, 4) is 17.2 Å². The lowest BCUT2D eigenvalue weighted by atomic mass is 10.2. The van der Waals surface area contributed by atoms with E-state index in [4.69, 9.17) is 25.8 Å². The van der Waals surface area contributed by atoms with Crippen LogP contribution in [0.1, 0.15) is 18.4 Å². The van der Waals surface area contributed by atoms with Crippen LogP contribution < -0.4 is 19.5 Å². The van der Waals surface area contributed by atoms with E-state index in [0.717, 1.165) is 15.8 Å². The summed E-state index contributed by atoms with van der Waals surface area (Å²) in [4.78, 5) is 12.2. The van der Waals surface area contributed by atoms with Crippen molar-refractivity contribution in [2.24, 2.45) is 0 Å². The smallest absolute Gasteiger partial charge is 0.224 e. The molecule has 1 amide bonds. The fourth-order valence-electron chi connectivity index (χ4n) is 2.31. The van der Waals surface area contributed by atoms with E-state index in [2.05, 4.69) is 21.2 Å². The number of amides is 1. The van der Waals surface area contributed by atoms with E-state index >= 15 is 0 Å². The molecule has 0 atom stereocenters. The molecule has 0 radical (unpaired) electrons. The number of benzene rings is 2. The summed E-state index contributed by atoms with van der Waals surface area (Å²) in [5.41, 5.74) is 1.66. The topological polar surface area (TPSA) is 56.8 Å². The molecule has 0 aliphatic rings. The fraction of sp³-hybridized carbons (Fsp3) is 0.316. The number of rotatable bonds is 8. The molecule has 26 heavy (non-hydrogen) atoms. The van der Waals surface area contributed by atoms with Crippen LogP contribution in [0.2, 0.25) is 5.02 Å². The Morgan fingerprint density at radius 2 is 1.85 bits per heavy atom. The van der Waals surface area contributed by atoms with E-state index in [1.54, 1.807) is 12.1 Å². The molecular weight excluding hydrogens is 422 g/mol. The summed E-state index contributed by atoms with van der Waals surface area (Å²) < 4.78 is 17.0. The molecule has 140 valence electrons. The maximum Gasteiger partial charge on any atom is 0.224 e. The van der Waals surface area contributed by atoms with Gasteiger partial charge in [-0.2, -0.15) is 0 Å². The third kappa shape index (κ3) is 5.54. The molecular formula is C19H21BrClNO4. The molecule has 0 aliphatic carbocycles. The number of carbonyl (C=O) groups is 1. The Kier molecular flexibility index (Phi) is 7.60. The molecule has 1 N–H and O–H groups in total. The van der Waals surface area contributed by atoms with Crippen LogP contribution in [0.3, 0.4) is 0 Å². The van der Waals surface area contributed by atoms with E-state index in [0.29, 0.717) is 41.7 Å². The van der Waals surface area contributed by atoms with Gasteiger partial charge in [-0.25, -0.2) is 0 Å². The van der Waals surface area contributed by atoms with Crippen molar-refractivity contribution in [3.63, 3.8) is 0 Å². The monoisotopic (exact) mass is 441 g/mol. The number of nitrogens with one attached hydrogen (secondary N) is 1. The first-order chi connectivity index (χ1) is 12.4. The molecule has 2 aromatic carbocycles. The number of carbonyl (C=O) groups excluding carboxylic acids is 1. The third-order valence-electron chi connectivity index (χ3n) is 3.64. The van der Waals surface area contributed by atoms with Crippen molar-refractivity contribution >= 4 is 39.1 Å². The Morgan fingerprint density at radius 3 is 2.50 bits per heavy atom. The Hall–Kier alpha value is -1.92. The highest BCUT2D eigenvalue weighted by Gasteiger charge is 2.12. The predicted molar refractivity (Wildman–Crippen MR) is 107 cm³/mol. The van der Waals surface area contributed by atoms with Gasteiger partial charge in [0.25, 0.3) is 0 Å². The zero-order valence-electron chi connectivity index (χ0n) is 14.9. The second kappa shape index (κ2) is 9.69. The van der Waals surface area contributed by atoms with E-state index in [9.17, 15) is 4.79 Å². The summed E-state index contributed by atoms with van der Waals surface area (Å²) in [5, 5.41) is 3.23. The minimum Gasteiger partial charge on any atom is -0.495 e. The maximum absolute atomic E-state index is 12.2. The minimum absolute atomic E-state index is 0.140. The average molecular weight is 443 g/mol. The van der Waals surface area contributed by atoms with E-state index in [1.165, 1.54) is 14.2 Å². The average Bonchev–Trinajstić information content (AvgIpc) is 2.61. The summed E-state index contributed by atoms with van der Waals surface area (Å²) in [6.45, 7) is 2.45. The van der Waals surface area contributed by atoms with Crippen LogP contribution in [0, 0.1) is 6.92 Å². The van der Waals surface area contributed by atoms with Crippen molar-refractivity contribution in [3.05, 3.63) is 45.4 Å². The Labute approximate surface area is 166 Å². The largest absolute Gasteiger partial charge is 0.495 e. The van der Waals surface area contributed by atoms with Gasteiger partial charge in [-0.3, -0.25) is 4.79 Å². The number of ether oxygens (including phenoxy) is 3. The van der Waals surface area contributed by atoms with Crippen LogP contribution in [-0.2, 0) is 4.79 Å². The summed E-state index contributed by atoms with van der Waals surface area (Å²) in [5.74, 6) is 1.57. The fourth-order valence-corrected chi connectivity index (χ4v) is 3.15. The molecule has 2 rings (SSSR count). The molecule has 5 nitrogen and oxygen atoms in total. The molecule has 0 aromatic heterocycles. The molecule has 0 bridgehead atoms. The maximum atomic E-state index is 12.2. The highest BCUT2D eigenvalue weighted by atomic mass is 79.9. The molecule has 0 heterocycles. The normalized spacial score (nSPS) is 10.3. The summed E-state index contributed by atoms with van der Waals surface area (Å²) >= 11 is 9.53. The summed E-state index contributed by atoms with van der Waals surface area (Å²) in [6, 6.07) is 9.12. The SMILES string of the molecule is COc1cc(NC(=O)CCCOc2ccc(C)cc2Br)c(OC)cc1Cl. The first-order valence-electron chi connectivity index (χ1n) is 8.05. The molecule has 0 saturated carbocycles.